The van der Waals surface area contributed by atoms with Crippen molar-refractivity contribution in [1.29, 1.82) is 0 Å². The zero-order valence-corrected chi connectivity index (χ0v) is 12.7. The van der Waals surface area contributed by atoms with E-state index in [-0.39, 0.29) is 0 Å². The molecular weight excluding hydrogens is 320 g/mol. The summed E-state index contributed by atoms with van der Waals surface area (Å²) in [6.45, 7) is -0.587. The second-order valence-electron chi connectivity index (χ2n) is 5.31. The maximum Gasteiger partial charge on any atom is 0.187 e. The third kappa shape index (κ3) is 3.56. The van der Waals surface area contributed by atoms with Gasteiger partial charge in [-0.1, -0.05) is 0 Å². The molecule has 0 aromatic carbocycles. The van der Waals surface area contributed by atoms with E-state index in [2.05, 4.69) is 0 Å². The smallest absolute Gasteiger partial charge is 0.187 e. The van der Waals surface area contributed by atoms with Crippen LogP contribution in [0.4, 0.5) is 0 Å². The highest BCUT2D eigenvalue weighted by Crippen LogP contribution is 2.29. The van der Waals surface area contributed by atoms with Crippen LogP contribution in [0, 0.1) is 0 Å². The molecule has 0 saturated carbocycles. The lowest BCUT2D eigenvalue weighted by Gasteiger charge is -2.41. The van der Waals surface area contributed by atoms with E-state index in [1.807, 2.05) is 6.26 Å². The Morgan fingerprint density at radius 1 is 0.909 bits per heavy atom. The molecule has 2 aliphatic rings. The van der Waals surface area contributed by atoms with E-state index in [1.54, 1.807) is 0 Å². The molecule has 2 saturated heterocycles. The average molecular weight is 342 g/mol. The minimum Gasteiger partial charge on any atom is -0.394 e. The fourth-order valence-electron chi connectivity index (χ4n) is 2.51. The van der Waals surface area contributed by atoms with E-state index in [0.717, 1.165) is 0 Å². The summed E-state index contributed by atoms with van der Waals surface area (Å²) in [6.07, 6.45) is -9.81. The lowest BCUT2D eigenvalue weighted by Crippen LogP contribution is -2.60. The van der Waals surface area contributed by atoms with Crippen molar-refractivity contribution in [3.05, 3.63) is 0 Å². The van der Waals surface area contributed by atoms with Crippen molar-refractivity contribution in [2.45, 2.75) is 55.3 Å². The second-order valence-corrected chi connectivity index (χ2v) is 6.22. The zero-order valence-electron chi connectivity index (χ0n) is 11.9. The molecule has 2 aliphatic heterocycles. The van der Waals surface area contributed by atoms with Crippen LogP contribution < -0.4 is 0 Å². The van der Waals surface area contributed by atoms with Gasteiger partial charge in [-0.15, -0.1) is 0 Å². The lowest BCUT2D eigenvalue weighted by molar-refractivity contribution is -0.320. The molecule has 2 heterocycles. The molecule has 130 valence electrons. The minimum absolute atomic E-state index is 0.429. The van der Waals surface area contributed by atoms with E-state index < -0.39 is 61.9 Å². The van der Waals surface area contributed by atoms with Gasteiger partial charge in [0.2, 0.25) is 0 Å². The summed E-state index contributed by atoms with van der Waals surface area (Å²) in [4.78, 5) is 0. The molecule has 9 nitrogen and oxygen atoms in total. The maximum absolute atomic E-state index is 10.0. The van der Waals surface area contributed by atoms with Crippen molar-refractivity contribution in [1.82, 2.24) is 0 Å². The van der Waals surface area contributed by atoms with Crippen LogP contribution in [0.2, 0.25) is 0 Å². The first-order valence-electron chi connectivity index (χ1n) is 6.87. The van der Waals surface area contributed by atoms with Crippen molar-refractivity contribution in [3.63, 3.8) is 0 Å². The van der Waals surface area contributed by atoms with Gasteiger partial charge in [0.15, 0.2) is 12.6 Å². The van der Waals surface area contributed by atoms with E-state index in [1.165, 1.54) is 11.8 Å². The van der Waals surface area contributed by atoms with Crippen LogP contribution in [0.3, 0.4) is 0 Å². The van der Waals surface area contributed by atoms with Crippen LogP contribution in [-0.4, -0.2) is 105 Å². The van der Waals surface area contributed by atoms with Gasteiger partial charge in [0.1, 0.15) is 36.6 Å². The molecular formula is C12H22O9S. The van der Waals surface area contributed by atoms with Crippen molar-refractivity contribution in [3.8, 4) is 0 Å². The monoisotopic (exact) mass is 342 g/mol. The molecule has 10 heteroatoms. The minimum atomic E-state index is -1.66. The second kappa shape index (κ2) is 7.71. The van der Waals surface area contributed by atoms with Crippen molar-refractivity contribution in [2.24, 2.45) is 0 Å². The van der Waals surface area contributed by atoms with E-state index >= 15 is 0 Å². The van der Waals surface area contributed by atoms with Gasteiger partial charge in [0.05, 0.1) is 12.7 Å². The summed E-state index contributed by atoms with van der Waals surface area (Å²) in [7, 11) is 0. The Morgan fingerprint density at radius 3 is 2.18 bits per heavy atom. The predicted octanol–water partition coefficient (Wildman–Crippen LogP) is -3.39. The normalized spacial score (nSPS) is 49.5. The van der Waals surface area contributed by atoms with Crippen molar-refractivity contribution < 1.29 is 44.8 Å². The molecule has 0 aromatic heterocycles. The first-order valence-corrected chi connectivity index (χ1v) is 8.26. The van der Waals surface area contributed by atoms with Gasteiger partial charge >= 0.3 is 0 Å². The first kappa shape index (κ1) is 18.3. The van der Waals surface area contributed by atoms with E-state index in [9.17, 15) is 25.5 Å². The highest BCUT2D eigenvalue weighted by molar-refractivity contribution is 7.98. The fourth-order valence-corrected chi connectivity index (χ4v) is 3.12. The number of aliphatic hydroxyl groups excluding tert-OH is 6. The molecule has 3 unspecified atom stereocenters. The molecule has 9 atom stereocenters. The number of aliphatic hydroxyl groups is 6. The van der Waals surface area contributed by atoms with Crippen LogP contribution in [-0.2, 0) is 14.2 Å². The zero-order chi connectivity index (χ0) is 16.4. The summed E-state index contributed by atoms with van der Waals surface area (Å²) >= 11 is 1.41. The molecule has 22 heavy (non-hydrogen) atoms. The molecule has 6 N–H and O–H groups in total. The Labute approximate surface area is 131 Å². The maximum atomic E-state index is 10.0. The highest BCUT2D eigenvalue weighted by atomic mass is 32.2. The van der Waals surface area contributed by atoms with Crippen LogP contribution in [0.15, 0.2) is 0 Å². The molecule has 0 radical (unpaired) electrons. The molecule has 0 aliphatic carbocycles. The number of rotatable bonds is 5. The van der Waals surface area contributed by atoms with Gasteiger partial charge in [-0.2, -0.15) is 11.8 Å². The van der Waals surface area contributed by atoms with E-state index in [0.29, 0.717) is 5.75 Å². The fraction of sp³-hybridized carbons (Fsp3) is 1.00. The Kier molecular flexibility index (Phi) is 6.42. The van der Waals surface area contributed by atoms with Gasteiger partial charge in [-0.25, -0.2) is 0 Å². The van der Waals surface area contributed by atoms with Crippen LogP contribution in [0.1, 0.15) is 0 Å². The van der Waals surface area contributed by atoms with Gasteiger partial charge in [0.25, 0.3) is 0 Å². The molecule has 0 spiro atoms. The van der Waals surface area contributed by atoms with Crippen LogP contribution in [0.25, 0.3) is 0 Å². The summed E-state index contributed by atoms with van der Waals surface area (Å²) < 4.78 is 15.6. The topological polar surface area (TPSA) is 149 Å². The van der Waals surface area contributed by atoms with Gasteiger partial charge in [-0.05, 0) is 6.26 Å². The molecule has 0 bridgehead atoms. The lowest BCUT2D eigenvalue weighted by atomic mass is 9.99. The number of hydrogen-bond donors (Lipinski definition) is 6. The van der Waals surface area contributed by atoms with Crippen molar-refractivity contribution in [2.75, 3.05) is 18.6 Å². The number of hydrogen-bond acceptors (Lipinski definition) is 10. The number of ether oxygens (including phenoxy) is 3. The summed E-state index contributed by atoms with van der Waals surface area (Å²) in [6, 6.07) is 0. The van der Waals surface area contributed by atoms with Crippen LogP contribution in [0.5, 0.6) is 0 Å². The quantitative estimate of drug-likeness (QED) is 0.299. The first-order chi connectivity index (χ1) is 10.4. The summed E-state index contributed by atoms with van der Waals surface area (Å²) in [5.41, 5.74) is 0. The van der Waals surface area contributed by atoms with Gasteiger partial charge < -0.3 is 44.8 Å². The predicted molar refractivity (Wildman–Crippen MR) is 73.9 cm³/mol. The average Bonchev–Trinajstić information content (AvgIpc) is 2.76. The number of thioether (sulfide) groups is 1. The standard InChI is InChI=1S/C12H22O9S/c1-22-3-5-6(14)8(16)12(20-5)21-10-7(15)4(2-13)19-11(18)9(10)17/h4-18H,2-3H2,1H3/t4?,5-,6?,7+,8+,9?,10-,11-,12-/m0/s1. The van der Waals surface area contributed by atoms with Gasteiger partial charge in [0, 0.05) is 5.75 Å². The van der Waals surface area contributed by atoms with E-state index in [4.69, 9.17) is 19.3 Å². The summed E-state index contributed by atoms with van der Waals surface area (Å²) in [5.74, 6) is 0.429. The largest absolute Gasteiger partial charge is 0.394 e. The Bertz CT molecular complexity index is 359. The third-order valence-electron chi connectivity index (χ3n) is 3.78. The van der Waals surface area contributed by atoms with Crippen molar-refractivity contribution >= 4 is 11.8 Å². The molecule has 2 fully saturated rings. The Hall–Kier alpha value is -0.0100. The molecule has 0 amide bonds. The molecule has 0 aromatic rings. The SMILES string of the molecule is CSC[C@@H]1O[C@@H](O[C@@H]2C(O)[C@@H](O)OC(CO)[C@H]2O)[C@H](O)C1O. The highest BCUT2D eigenvalue weighted by Gasteiger charge is 2.50. The Balaban J connectivity index is 2.04. The Morgan fingerprint density at radius 2 is 1.59 bits per heavy atom. The molecule has 2 rings (SSSR count). The van der Waals surface area contributed by atoms with Crippen LogP contribution >= 0.6 is 11.8 Å². The summed E-state index contributed by atoms with van der Waals surface area (Å²) in [5, 5.41) is 58.3. The third-order valence-corrected chi connectivity index (χ3v) is 4.44. The van der Waals surface area contributed by atoms with Gasteiger partial charge in [-0.3, -0.25) is 0 Å².